The molecule has 1 aromatic carbocycles. The Morgan fingerprint density at radius 3 is 2.28 bits per heavy atom. The fourth-order valence-electron chi connectivity index (χ4n) is 1.94. The topological polar surface area (TPSA) is 73.9 Å². The standard InChI is InChI=1S/C15H13ClF3NO5/c1-7-4-11(23-15(17,18)19)9(16)5-10(7)20-6-8-12(21)24-14(2,3)25-13(8)22/h4-6,20H,1-3H3. The molecule has 0 aromatic heterocycles. The van der Waals surface area contributed by atoms with E-state index in [1.54, 1.807) is 0 Å². The molecule has 0 unspecified atom stereocenters. The van der Waals surface area contributed by atoms with Gasteiger partial charge in [-0.05, 0) is 24.6 Å². The van der Waals surface area contributed by atoms with Crippen molar-refractivity contribution in [2.45, 2.75) is 32.9 Å². The van der Waals surface area contributed by atoms with Crippen molar-refractivity contribution in [3.63, 3.8) is 0 Å². The number of cyclic esters (lactones) is 2. The number of anilines is 1. The predicted molar refractivity (Wildman–Crippen MR) is 80.8 cm³/mol. The normalized spacial score (nSPS) is 16.8. The maximum absolute atomic E-state index is 12.3. The number of carbonyl (C=O) groups is 2. The van der Waals surface area contributed by atoms with E-state index in [0.717, 1.165) is 12.3 Å². The van der Waals surface area contributed by atoms with Gasteiger partial charge in [0.15, 0.2) is 5.57 Å². The summed E-state index contributed by atoms with van der Waals surface area (Å²) in [6, 6.07) is 2.23. The van der Waals surface area contributed by atoms with Gasteiger partial charge in [0.2, 0.25) is 0 Å². The summed E-state index contributed by atoms with van der Waals surface area (Å²) in [6.45, 7) is 4.29. The Hall–Kier alpha value is -2.42. The summed E-state index contributed by atoms with van der Waals surface area (Å²) in [5.41, 5.74) is 0.196. The molecule has 10 heteroatoms. The molecule has 25 heavy (non-hydrogen) atoms. The molecule has 0 atom stereocenters. The SMILES string of the molecule is Cc1cc(OC(F)(F)F)c(Cl)cc1NC=C1C(=O)OC(C)(C)OC1=O. The molecular weight excluding hydrogens is 367 g/mol. The van der Waals surface area contributed by atoms with E-state index >= 15 is 0 Å². The first-order valence-corrected chi connectivity index (χ1v) is 7.25. The van der Waals surface area contributed by atoms with E-state index in [-0.39, 0.29) is 10.7 Å². The van der Waals surface area contributed by atoms with E-state index in [2.05, 4.69) is 10.1 Å². The predicted octanol–water partition coefficient (Wildman–Crippen LogP) is 3.68. The monoisotopic (exact) mass is 379 g/mol. The number of rotatable bonds is 3. The Bertz CT molecular complexity index is 736. The van der Waals surface area contributed by atoms with Crippen molar-refractivity contribution in [3.05, 3.63) is 34.5 Å². The van der Waals surface area contributed by atoms with E-state index in [1.165, 1.54) is 26.8 Å². The molecule has 6 nitrogen and oxygen atoms in total. The number of halogens is 4. The summed E-state index contributed by atoms with van der Waals surface area (Å²) in [7, 11) is 0. The first kappa shape index (κ1) is 18.9. The lowest BCUT2D eigenvalue weighted by Crippen LogP contribution is -2.42. The van der Waals surface area contributed by atoms with Crippen LogP contribution in [0.15, 0.2) is 23.9 Å². The fourth-order valence-corrected chi connectivity index (χ4v) is 2.14. The average Bonchev–Trinajstić information content (AvgIpc) is 2.39. The number of ether oxygens (including phenoxy) is 3. The molecule has 0 spiro atoms. The molecule has 0 aliphatic carbocycles. The molecule has 1 N–H and O–H groups in total. The lowest BCUT2D eigenvalue weighted by molar-refractivity contribution is -0.274. The van der Waals surface area contributed by atoms with Crippen molar-refractivity contribution in [1.82, 2.24) is 0 Å². The van der Waals surface area contributed by atoms with Gasteiger partial charge in [0.05, 0.1) is 5.02 Å². The van der Waals surface area contributed by atoms with Crippen LogP contribution in [0.1, 0.15) is 19.4 Å². The number of esters is 2. The van der Waals surface area contributed by atoms with Crippen molar-refractivity contribution < 1.29 is 37.0 Å². The van der Waals surface area contributed by atoms with Crippen LogP contribution in [0.5, 0.6) is 5.75 Å². The summed E-state index contributed by atoms with van der Waals surface area (Å²) in [5, 5.41) is 2.31. The van der Waals surface area contributed by atoms with Crippen molar-refractivity contribution >= 4 is 29.2 Å². The van der Waals surface area contributed by atoms with E-state index in [1.807, 2.05) is 0 Å². The maximum Gasteiger partial charge on any atom is 0.573 e. The van der Waals surface area contributed by atoms with Crippen LogP contribution >= 0.6 is 11.6 Å². The minimum atomic E-state index is -4.88. The Kier molecular flexibility index (Phi) is 4.90. The van der Waals surface area contributed by atoms with E-state index in [4.69, 9.17) is 21.1 Å². The van der Waals surface area contributed by atoms with Crippen molar-refractivity contribution in [2.24, 2.45) is 0 Å². The van der Waals surface area contributed by atoms with E-state index in [0.29, 0.717) is 5.56 Å². The van der Waals surface area contributed by atoms with Gasteiger partial charge in [0.25, 0.3) is 5.79 Å². The van der Waals surface area contributed by atoms with Gasteiger partial charge in [-0.15, -0.1) is 13.2 Å². The summed E-state index contributed by atoms with van der Waals surface area (Å²) in [5.74, 6) is -3.73. The van der Waals surface area contributed by atoms with Gasteiger partial charge in [0.1, 0.15) is 5.75 Å². The fraction of sp³-hybridized carbons (Fsp3) is 0.333. The highest BCUT2D eigenvalue weighted by Crippen LogP contribution is 2.34. The molecule has 1 heterocycles. The molecule has 136 valence electrons. The van der Waals surface area contributed by atoms with Crippen molar-refractivity contribution in [3.8, 4) is 5.75 Å². The number of carbonyl (C=O) groups excluding carboxylic acids is 2. The molecular formula is C15H13ClF3NO5. The number of nitrogens with one attached hydrogen (secondary N) is 1. The minimum Gasteiger partial charge on any atom is -0.419 e. The third-order valence-electron chi connectivity index (χ3n) is 2.99. The van der Waals surface area contributed by atoms with Gasteiger partial charge in [-0.1, -0.05) is 11.6 Å². The van der Waals surface area contributed by atoms with Crippen molar-refractivity contribution in [2.75, 3.05) is 5.32 Å². The van der Waals surface area contributed by atoms with Crippen LogP contribution < -0.4 is 10.1 Å². The van der Waals surface area contributed by atoms with Gasteiger partial charge < -0.3 is 19.5 Å². The number of aryl methyl sites for hydroxylation is 1. The summed E-state index contributed by atoms with van der Waals surface area (Å²) in [4.78, 5) is 23.6. The molecule has 0 bridgehead atoms. The summed E-state index contributed by atoms with van der Waals surface area (Å²) >= 11 is 5.75. The van der Waals surface area contributed by atoms with E-state index < -0.39 is 35.4 Å². The quantitative estimate of drug-likeness (QED) is 0.490. The first-order chi connectivity index (χ1) is 11.4. The van der Waals surface area contributed by atoms with Crippen LogP contribution in [0.2, 0.25) is 5.02 Å². The van der Waals surface area contributed by atoms with Gasteiger partial charge in [-0.2, -0.15) is 0 Å². The number of hydrogen-bond donors (Lipinski definition) is 1. The lowest BCUT2D eigenvalue weighted by atomic mass is 10.2. The molecule has 0 radical (unpaired) electrons. The highest BCUT2D eigenvalue weighted by molar-refractivity contribution is 6.32. The molecule has 1 aromatic rings. The van der Waals surface area contributed by atoms with Crippen LogP contribution in [0, 0.1) is 6.92 Å². The zero-order valence-corrected chi connectivity index (χ0v) is 14.0. The van der Waals surface area contributed by atoms with Crippen LogP contribution in [0.4, 0.5) is 18.9 Å². The molecule has 1 aliphatic rings. The van der Waals surface area contributed by atoms with Crippen LogP contribution in [0.3, 0.4) is 0 Å². The van der Waals surface area contributed by atoms with Crippen LogP contribution in [-0.4, -0.2) is 24.1 Å². The third kappa shape index (κ3) is 4.79. The number of alkyl halides is 3. The van der Waals surface area contributed by atoms with Crippen LogP contribution in [0.25, 0.3) is 0 Å². The summed E-state index contributed by atoms with van der Waals surface area (Å²) < 4.78 is 50.5. The Balaban J connectivity index is 2.22. The second-order valence-electron chi connectivity index (χ2n) is 5.53. The van der Waals surface area contributed by atoms with Gasteiger partial charge in [-0.3, -0.25) is 0 Å². The Morgan fingerprint density at radius 2 is 1.76 bits per heavy atom. The largest absolute Gasteiger partial charge is 0.573 e. The van der Waals surface area contributed by atoms with E-state index in [9.17, 15) is 22.8 Å². The zero-order valence-electron chi connectivity index (χ0n) is 13.3. The van der Waals surface area contributed by atoms with Gasteiger partial charge >= 0.3 is 18.3 Å². The average molecular weight is 380 g/mol. The smallest absolute Gasteiger partial charge is 0.419 e. The lowest BCUT2D eigenvalue weighted by Gasteiger charge is -2.29. The molecule has 2 rings (SSSR count). The van der Waals surface area contributed by atoms with Crippen molar-refractivity contribution in [1.29, 1.82) is 0 Å². The highest BCUT2D eigenvalue weighted by Gasteiger charge is 2.39. The number of benzene rings is 1. The summed E-state index contributed by atoms with van der Waals surface area (Å²) in [6.07, 6.45) is -3.85. The molecule has 1 aliphatic heterocycles. The number of hydrogen-bond acceptors (Lipinski definition) is 6. The highest BCUT2D eigenvalue weighted by atomic mass is 35.5. The van der Waals surface area contributed by atoms with Crippen LogP contribution in [-0.2, 0) is 19.1 Å². The van der Waals surface area contributed by atoms with Gasteiger partial charge in [-0.25, -0.2) is 9.59 Å². The molecule has 0 saturated carbocycles. The molecule has 1 saturated heterocycles. The second-order valence-corrected chi connectivity index (χ2v) is 5.93. The Morgan fingerprint density at radius 1 is 1.20 bits per heavy atom. The molecule has 1 fully saturated rings. The minimum absolute atomic E-state index is 0.262. The Labute approximate surface area is 145 Å². The maximum atomic E-state index is 12.3. The molecule has 0 amide bonds. The third-order valence-corrected chi connectivity index (χ3v) is 3.29. The first-order valence-electron chi connectivity index (χ1n) is 6.87. The zero-order chi connectivity index (χ0) is 19.0. The second kappa shape index (κ2) is 6.47. The van der Waals surface area contributed by atoms with Gasteiger partial charge in [0, 0.05) is 25.7 Å².